The van der Waals surface area contributed by atoms with Crippen LogP contribution in [0.5, 0.6) is 11.5 Å². The van der Waals surface area contributed by atoms with Crippen molar-refractivity contribution in [1.29, 1.82) is 0 Å². The van der Waals surface area contributed by atoms with Gasteiger partial charge in [0.05, 0.1) is 10.5 Å². The van der Waals surface area contributed by atoms with E-state index in [1.165, 1.54) is 27.7 Å². The minimum Gasteiger partial charge on any atom is -0.503 e. The second-order valence-corrected chi connectivity index (χ2v) is 10.2. The smallest absolute Gasteiger partial charge is 0.242 e. The van der Waals surface area contributed by atoms with Crippen LogP contribution in [0.15, 0.2) is 26.7 Å². The lowest BCUT2D eigenvalue weighted by molar-refractivity contribution is 0.391. The first kappa shape index (κ1) is 18.4. The highest BCUT2D eigenvalue weighted by Gasteiger charge is 2.29. The average molecular weight is 350 g/mol. The van der Waals surface area contributed by atoms with E-state index in [0.717, 1.165) is 12.1 Å². The van der Waals surface area contributed by atoms with Gasteiger partial charge in [0, 0.05) is 0 Å². The van der Waals surface area contributed by atoms with E-state index in [4.69, 9.17) is 0 Å². The summed E-state index contributed by atoms with van der Waals surface area (Å²) in [5, 5.41) is 17.7. The number of hydrogen-bond donors (Lipinski definition) is 2. The van der Waals surface area contributed by atoms with Crippen LogP contribution in [0.1, 0.15) is 27.7 Å². The number of hydrogen-bond acceptors (Lipinski definition) is 7. The van der Waals surface area contributed by atoms with E-state index in [1.54, 1.807) is 0 Å². The third-order valence-electron chi connectivity index (χ3n) is 3.14. The van der Waals surface area contributed by atoms with Crippen LogP contribution in [0.25, 0.3) is 0 Å². The van der Waals surface area contributed by atoms with Crippen molar-refractivity contribution in [2.24, 2.45) is 0 Å². The largest absolute Gasteiger partial charge is 0.503 e. The van der Waals surface area contributed by atoms with Gasteiger partial charge in [-0.3, -0.25) is 4.79 Å². The van der Waals surface area contributed by atoms with Crippen molar-refractivity contribution in [3.63, 3.8) is 0 Å². The normalized spacial score (nSPS) is 12.8. The van der Waals surface area contributed by atoms with Gasteiger partial charge in [0.25, 0.3) is 0 Å². The molecule has 1 rings (SSSR count). The van der Waals surface area contributed by atoms with Crippen LogP contribution in [-0.2, 0) is 19.7 Å². The van der Waals surface area contributed by atoms with Crippen molar-refractivity contribution in [3.05, 3.63) is 22.4 Å². The van der Waals surface area contributed by atoms with Gasteiger partial charge in [-0.25, -0.2) is 16.8 Å². The van der Waals surface area contributed by atoms with Gasteiger partial charge in [-0.1, -0.05) is 0 Å². The highest BCUT2D eigenvalue weighted by atomic mass is 32.2. The molecule has 1 aromatic rings. The lowest BCUT2D eigenvalue weighted by Gasteiger charge is -2.07. The van der Waals surface area contributed by atoms with Crippen molar-refractivity contribution in [1.82, 2.24) is 0 Å². The Hall–Kier alpha value is -1.61. The molecular weight excluding hydrogens is 332 g/mol. The van der Waals surface area contributed by atoms with Gasteiger partial charge in [-0.2, -0.15) is 0 Å². The summed E-state index contributed by atoms with van der Waals surface area (Å²) in [6.07, 6.45) is 0. The zero-order valence-electron chi connectivity index (χ0n) is 12.6. The zero-order valence-corrected chi connectivity index (χ0v) is 14.2. The van der Waals surface area contributed by atoms with Crippen LogP contribution in [0.2, 0.25) is 0 Å². The van der Waals surface area contributed by atoms with Crippen LogP contribution in [0, 0.1) is 0 Å². The Morgan fingerprint density at radius 1 is 0.773 bits per heavy atom. The Labute approximate surface area is 129 Å². The average Bonchev–Trinajstić information content (AvgIpc) is 2.50. The fourth-order valence-electron chi connectivity index (χ4n) is 1.61. The summed E-state index contributed by atoms with van der Waals surface area (Å²) in [5.41, 5.74) is -1.34. The van der Waals surface area contributed by atoms with Gasteiger partial charge in [-0.05, 0) is 39.8 Å². The second-order valence-electron chi connectivity index (χ2n) is 5.28. The van der Waals surface area contributed by atoms with E-state index in [-0.39, 0.29) is 0 Å². The standard InChI is InChI=1S/C13H18O7S2/c1-7(2)21(17,18)9-5-6-10(22(19,20)8(3)4)12(15)13(16)11(9)14/h5-8H,1-4H3,(H2,14,15,16). The number of aromatic hydroxyl groups is 2. The highest BCUT2D eigenvalue weighted by Crippen LogP contribution is 2.32. The van der Waals surface area contributed by atoms with E-state index in [0.29, 0.717) is 0 Å². The topological polar surface area (TPSA) is 126 Å². The van der Waals surface area contributed by atoms with E-state index >= 15 is 0 Å². The maximum absolute atomic E-state index is 12.1. The van der Waals surface area contributed by atoms with Crippen molar-refractivity contribution >= 4 is 19.7 Å². The molecule has 0 aliphatic heterocycles. The molecule has 0 radical (unpaired) electrons. The lowest BCUT2D eigenvalue weighted by Crippen LogP contribution is -2.20. The summed E-state index contributed by atoms with van der Waals surface area (Å²) >= 11 is 0. The molecule has 0 unspecified atom stereocenters. The van der Waals surface area contributed by atoms with Crippen LogP contribution in [0.3, 0.4) is 0 Å². The Bertz CT molecular complexity index is 851. The SMILES string of the molecule is CC(C)S(=O)(=O)c1ccc(S(=O)(=O)C(C)C)c(=O)c(O)c1O. The third-order valence-corrected chi connectivity index (χ3v) is 7.50. The predicted octanol–water partition coefficient (Wildman–Crippen LogP) is 0.822. The van der Waals surface area contributed by atoms with E-state index < -0.39 is 56.9 Å². The summed E-state index contributed by atoms with van der Waals surface area (Å²) in [6, 6.07) is 1.62. The molecule has 0 atom stereocenters. The third kappa shape index (κ3) is 2.95. The van der Waals surface area contributed by atoms with E-state index in [2.05, 4.69) is 0 Å². The molecule has 7 nitrogen and oxygen atoms in total. The Balaban J connectivity index is 3.95. The monoisotopic (exact) mass is 350 g/mol. The Morgan fingerprint density at radius 3 is 1.55 bits per heavy atom. The van der Waals surface area contributed by atoms with E-state index in [1.807, 2.05) is 0 Å². The quantitative estimate of drug-likeness (QED) is 0.823. The second kappa shape index (κ2) is 5.88. The summed E-state index contributed by atoms with van der Waals surface area (Å²) < 4.78 is 48.5. The molecule has 124 valence electrons. The van der Waals surface area contributed by atoms with Crippen LogP contribution < -0.4 is 5.43 Å². The van der Waals surface area contributed by atoms with Crippen molar-refractivity contribution in [2.45, 2.75) is 48.0 Å². The van der Waals surface area contributed by atoms with Crippen LogP contribution in [0.4, 0.5) is 0 Å². The fourth-order valence-corrected chi connectivity index (χ4v) is 3.86. The summed E-state index contributed by atoms with van der Waals surface area (Å²) in [4.78, 5) is 10.5. The van der Waals surface area contributed by atoms with Crippen molar-refractivity contribution < 1.29 is 27.0 Å². The van der Waals surface area contributed by atoms with Crippen LogP contribution in [-0.4, -0.2) is 37.5 Å². The first-order valence-corrected chi connectivity index (χ1v) is 9.51. The molecule has 22 heavy (non-hydrogen) atoms. The minimum atomic E-state index is -4.05. The Morgan fingerprint density at radius 2 is 1.14 bits per heavy atom. The summed E-state index contributed by atoms with van der Waals surface area (Å²) in [7, 11) is -8.07. The van der Waals surface area contributed by atoms with Gasteiger partial charge in [0.1, 0.15) is 9.79 Å². The molecule has 9 heteroatoms. The molecule has 0 aliphatic rings. The maximum Gasteiger partial charge on any atom is 0.242 e. The van der Waals surface area contributed by atoms with Crippen molar-refractivity contribution in [3.8, 4) is 11.5 Å². The summed E-state index contributed by atoms with van der Waals surface area (Å²) in [5.74, 6) is -2.45. The number of rotatable bonds is 4. The minimum absolute atomic E-state index is 0.692. The number of sulfone groups is 2. The molecule has 2 N–H and O–H groups in total. The Kier molecular flexibility index (Phi) is 4.93. The molecule has 0 fully saturated rings. The molecular formula is C13H18O7S2. The molecule has 0 saturated carbocycles. The van der Waals surface area contributed by atoms with Gasteiger partial charge in [-0.15, -0.1) is 0 Å². The molecule has 0 aromatic heterocycles. The van der Waals surface area contributed by atoms with Gasteiger partial charge < -0.3 is 10.2 Å². The summed E-state index contributed by atoms with van der Waals surface area (Å²) in [6.45, 7) is 5.38. The molecule has 1 aromatic carbocycles. The van der Waals surface area contributed by atoms with Crippen LogP contribution >= 0.6 is 0 Å². The molecule has 0 saturated heterocycles. The lowest BCUT2D eigenvalue weighted by atomic mass is 10.4. The maximum atomic E-state index is 12.1. The molecule has 0 bridgehead atoms. The first-order valence-electron chi connectivity index (χ1n) is 6.42. The molecule has 0 amide bonds. The predicted molar refractivity (Wildman–Crippen MR) is 80.7 cm³/mol. The van der Waals surface area contributed by atoms with E-state index in [9.17, 15) is 31.8 Å². The molecule has 0 heterocycles. The van der Waals surface area contributed by atoms with Gasteiger partial charge in [0.2, 0.25) is 11.2 Å². The zero-order chi connectivity index (χ0) is 17.5. The molecule has 0 spiro atoms. The first-order chi connectivity index (χ1) is 9.85. The highest BCUT2D eigenvalue weighted by molar-refractivity contribution is 7.92. The van der Waals surface area contributed by atoms with Crippen molar-refractivity contribution in [2.75, 3.05) is 0 Å². The van der Waals surface area contributed by atoms with Gasteiger partial charge >= 0.3 is 0 Å². The fraction of sp³-hybridized carbons (Fsp3) is 0.462. The molecule has 0 aliphatic carbocycles. The van der Waals surface area contributed by atoms with Gasteiger partial charge in [0.15, 0.2) is 25.4 Å².